The molecule has 6 nitrogen and oxygen atoms in total. The van der Waals surface area contributed by atoms with Crippen LogP contribution in [0.5, 0.6) is 0 Å². The lowest BCUT2D eigenvalue weighted by atomic mass is 9.98. The maximum atomic E-state index is 13.5. The van der Waals surface area contributed by atoms with Crippen molar-refractivity contribution in [1.29, 1.82) is 0 Å². The Labute approximate surface area is 200 Å². The lowest BCUT2D eigenvalue weighted by molar-refractivity contribution is 0.732. The van der Waals surface area contributed by atoms with E-state index in [1.165, 1.54) is 27.8 Å². The molecule has 1 atom stereocenters. The number of hydrogen-bond acceptors (Lipinski definition) is 5. The molecule has 0 aliphatic heterocycles. The molecule has 0 radical (unpaired) electrons. The molecule has 0 N–H and O–H groups in total. The lowest BCUT2D eigenvalue weighted by Gasteiger charge is -2.15. The van der Waals surface area contributed by atoms with Gasteiger partial charge >= 0.3 is 0 Å². The number of hydrogen-bond donors (Lipinski definition) is 0. The second-order valence-corrected chi connectivity index (χ2v) is 9.20. The van der Waals surface area contributed by atoms with Gasteiger partial charge in [-0.05, 0) is 54.3 Å². The number of nitrogens with zero attached hydrogens (tertiary/aromatic N) is 4. The van der Waals surface area contributed by atoms with Gasteiger partial charge in [-0.15, -0.1) is 0 Å². The Morgan fingerprint density at radius 1 is 0.941 bits per heavy atom. The van der Waals surface area contributed by atoms with Crippen LogP contribution in [0.2, 0.25) is 0 Å². The molecule has 0 bridgehead atoms. The van der Waals surface area contributed by atoms with Gasteiger partial charge in [-0.3, -0.25) is 18.6 Å². The Morgan fingerprint density at radius 2 is 1.71 bits per heavy atom. The van der Waals surface area contributed by atoms with Crippen molar-refractivity contribution < 1.29 is 0 Å². The average Bonchev–Trinajstić information content (AvgIpc) is 2.87. The van der Waals surface area contributed by atoms with Gasteiger partial charge in [0.25, 0.3) is 11.1 Å². The van der Waals surface area contributed by atoms with Crippen LogP contribution in [-0.4, -0.2) is 18.9 Å². The fraction of sp³-hybridized carbons (Fsp3) is 0.185. The molecular weight excluding hydrogens is 444 g/mol. The highest BCUT2D eigenvalue weighted by molar-refractivity contribution is 7.98. The van der Waals surface area contributed by atoms with E-state index in [9.17, 15) is 9.59 Å². The molecule has 7 heteroatoms. The van der Waals surface area contributed by atoms with Crippen molar-refractivity contribution in [3.8, 4) is 5.69 Å². The number of benzene rings is 2. The molecule has 0 aliphatic rings. The van der Waals surface area contributed by atoms with Gasteiger partial charge in [-0.2, -0.15) is 0 Å². The predicted octanol–water partition coefficient (Wildman–Crippen LogP) is 5.20. The maximum absolute atomic E-state index is 13.5. The van der Waals surface area contributed by atoms with Crippen LogP contribution in [0.4, 0.5) is 0 Å². The van der Waals surface area contributed by atoms with Crippen LogP contribution in [0.3, 0.4) is 0 Å². The summed E-state index contributed by atoms with van der Waals surface area (Å²) in [6, 6.07) is 22.5. The van der Waals surface area contributed by atoms with Gasteiger partial charge in [0.05, 0.1) is 22.3 Å². The van der Waals surface area contributed by atoms with Crippen molar-refractivity contribution in [2.24, 2.45) is 0 Å². The summed E-state index contributed by atoms with van der Waals surface area (Å²) in [4.78, 5) is 35.4. The molecule has 0 amide bonds. The molecule has 5 aromatic rings. The Bertz CT molecular complexity index is 1610. The summed E-state index contributed by atoms with van der Waals surface area (Å²) in [6.45, 7) is 4.36. The van der Waals surface area contributed by atoms with Gasteiger partial charge in [-0.1, -0.05) is 55.9 Å². The first-order chi connectivity index (χ1) is 16.5. The number of aromatic nitrogens is 4. The molecule has 5 rings (SSSR count). The van der Waals surface area contributed by atoms with Crippen molar-refractivity contribution in [3.63, 3.8) is 0 Å². The van der Waals surface area contributed by atoms with Crippen molar-refractivity contribution in [1.82, 2.24) is 18.9 Å². The van der Waals surface area contributed by atoms with Crippen LogP contribution in [-0.2, 0) is 5.75 Å². The van der Waals surface area contributed by atoms with Gasteiger partial charge in [0.2, 0.25) is 0 Å². The first kappa shape index (κ1) is 22.1. The molecule has 2 aromatic carbocycles. The summed E-state index contributed by atoms with van der Waals surface area (Å²) >= 11 is 1.40. The van der Waals surface area contributed by atoms with E-state index < -0.39 is 0 Å². The van der Waals surface area contributed by atoms with Gasteiger partial charge < -0.3 is 0 Å². The normalized spacial score (nSPS) is 12.3. The molecule has 1 unspecified atom stereocenters. The Kier molecular flexibility index (Phi) is 6.02. The highest BCUT2D eigenvalue weighted by Crippen LogP contribution is 2.25. The predicted molar refractivity (Wildman–Crippen MR) is 137 cm³/mol. The van der Waals surface area contributed by atoms with Crippen LogP contribution >= 0.6 is 11.8 Å². The third-order valence-electron chi connectivity index (χ3n) is 6.05. The second kappa shape index (κ2) is 9.27. The molecular formula is C27H24N4O2S. The number of fused-ring (bicyclic) bond motifs is 2. The van der Waals surface area contributed by atoms with E-state index in [2.05, 4.69) is 31.0 Å². The highest BCUT2D eigenvalue weighted by Gasteiger charge is 2.15. The summed E-state index contributed by atoms with van der Waals surface area (Å²) in [6.07, 6.45) is 2.75. The molecule has 3 aromatic heterocycles. The van der Waals surface area contributed by atoms with Gasteiger partial charge in [0, 0.05) is 18.0 Å². The first-order valence-electron chi connectivity index (χ1n) is 11.3. The van der Waals surface area contributed by atoms with Crippen molar-refractivity contribution in [2.45, 2.75) is 37.1 Å². The number of rotatable bonds is 6. The smallest absolute Gasteiger partial charge is 0.266 e. The number of pyridine rings is 1. The van der Waals surface area contributed by atoms with Gasteiger partial charge in [-0.25, -0.2) is 9.97 Å². The van der Waals surface area contributed by atoms with Crippen LogP contribution in [0.1, 0.15) is 37.4 Å². The van der Waals surface area contributed by atoms with Crippen molar-refractivity contribution >= 4 is 28.3 Å². The summed E-state index contributed by atoms with van der Waals surface area (Å²) in [7, 11) is 0. The third kappa shape index (κ3) is 4.15. The Morgan fingerprint density at radius 3 is 2.50 bits per heavy atom. The van der Waals surface area contributed by atoms with Crippen LogP contribution < -0.4 is 11.1 Å². The molecule has 0 aliphatic carbocycles. The van der Waals surface area contributed by atoms with E-state index in [0.717, 1.165) is 12.1 Å². The minimum Gasteiger partial charge on any atom is -0.269 e. The van der Waals surface area contributed by atoms with E-state index in [0.29, 0.717) is 39.1 Å². The zero-order valence-corrected chi connectivity index (χ0v) is 19.8. The standard InChI is InChI=1S/C27H24N4O2S/c1-3-18(2)19-11-13-21(14-12-19)31-26(33)22-8-4-5-9-23(22)29-27(31)34-17-20-16-25(32)30-15-7-6-10-24(30)28-20/h4-16,18H,3,17H2,1-2H3. The Hall–Kier alpha value is -3.71. The highest BCUT2D eigenvalue weighted by atomic mass is 32.2. The molecule has 34 heavy (non-hydrogen) atoms. The van der Waals surface area contributed by atoms with E-state index in [1.807, 2.05) is 36.4 Å². The topological polar surface area (TPSA) is 69.3 Å². The first-order valence-corrected chi connectivity index (χ1v) is 12.3. The monoisotopic (exact) mass is 468 g/mol. The molecule has 0 spiro atoms. The van der Waals surface area contributed by atoms with E-state index in [-0.39, 0.29) is 11.1 Å². The SMILES string of the molecule is CCC(C)c1ccc(-n2c(SCc3cc(=O)n4ccccc4n3)nc3ccccc3c2=O)cc1. The summed E-state index contributed by atoms with van der Waals surface area (Å²) in [5, 5.41) is 1.13. The van der Waals surface area contributed by atoms with Crippen molar-refractivity contribution in [3.05, 3.63) is 111 Å². The lowest BCUT2D eigenvalue weighted by Crippen LogP contribution is -2.22. The molecule has 0 saturated carbocycles. The second-order valence-electron chi connectivity index (χ2n) is 8.26. The zero-order valence-electron chi connectivity index (χ0n) is 19.0. The third-order valence-corrected chi connectivity index (χ3v) is 7.02. The minimum absolute atomic E-state index is 0.115. The molecule has 0 saturated heterocycles. The van der Waals surface area contributed by atoms with E-state index in [1.54, 1.807) is 29.0 Å². The van der Waals surface area contributed by atoms with Crippen molar-refractivity contribution in [2.75, 3.05) is 0 Å². The number of thioether (sulfide) groups is 1. The van der Waals surface area contributed by atoms with Crippen LogP contribution in [0, 0.1) is 0 Å². The number of para-hydroxylation sites is 1. The van der Waals surface area contributed by atoms with E-state index in [4.69, 9.17) is 4.98 Å². The quantitative estimate of drug-likeness (QED) is 0.253. The van der Waals surface area contributed by atoms with Crippen LogP contribution in [0.15, 0.2) is 93.7 Å². The summed E-state index contributed by atoms with van der Waals surface area (Å²) in [5.74, 6) is 0.864. The summed E-state index contributed by atoms with van der Waals surface area (Å²) < 4.78 is 3.17. The minimum atomic E-state index is -0.134. The molecule has 3 heterocycles. The van der Waals surface area contributed by atoms with Gasteiger partial charge in [0.15, 0.2) is 5.16 Å². The average molecular weight is 469 g/mol. The fourth-order valence-corrected chi connectivity index (χ4v) is 4.85. The van der Waals surface area contributed by atoms with E-state index >= 15 is 0 Å². The molecule has 170 valence electrons. The largest absolute Gasteiger partial charge is 0.269 e. The van der Waals surface area contributed by atoms with Crippen LogP contribution in [0.25, 0.3) is 22.2 Å². The summed E-state index contributed by atoms with van der Waals surface area (Å²) in [5.41, 5.74) is 3.64. The Balaban J connectivity index is 1.57. The fourth-order valence-electron chi connectivity index (χ4n) is 3.94. The molecule has 0 fully saturated rings. The van der Waals surface area contributed by atoms with Gasteiger partial charge in [0.1, 0.15) is 5.65 Å². The zero-order chi connectivity index (χ0) is 23.7. The maximum Gasteiger partial charge on any atom is 0.266 e.